The lowest BCUT2D eigenvalue weighted by molar-refractivity contribution is -0.0802. The van der Waals surface area contributed by atoms with Gasteiger partial charge in [0.1, 0.15) is 11.3 Å². The molecule has 1 aliphatic carbocycles. The number of nitrogens with zero attached hydrogens (tertiary/aromatic N) is 1. The molecule has 1 saturated heterocycles. The fraction of sp³-hybridized carbons (Fsp3) is 0.957. The average Bonchev–Trinajstić information content (AvgIpc) is 2.84. The Hall–Kier alpha value is -0.810. The highest BCUT2D eigenvalue weighted by atomic mass is 16.6. The van der Waals surface area contributed by atoms with Crippen LogP contribution in [-0.2, 0) is 9.47 Å². The maximum Gasteiger partial charge on any atom is 0.412 e. The number of aliphatic hydroxyl groups is 1. The van der Waals surface area contributed by atoms with Gasteiger partial charge in [-0.3, -0.25) is 4.90 Å². The van der Waals surface area contributed by atoms with Crippen LogP contribution >= 0.6 is 0 Å². The van der Waals surface area contributed by atoms with Crippen molar-refractivity contribution in [3.63, 3.8) is 0 Å². The topological polar surface area (TPSA) is 59.0 Å². The summed E-state index contributed by atoms with van der Waals surface area (Å²) in [5, 5.41) is 8.98. The molecule has 1 N–H and O–H groups in total. The first-order chi connectivity index (χ1) is 13.1. The number of unbranched alkanes of at least 4 members (excludes halogenated alkanes) is 3. The van der Waals surface area contributed by atoms with Gasteiger partial charge in [0, 0.05) is 6.61 Å². The second-order valence-electron chi connectivity index (χ2n) is 10.2. The average molecular weight is 398 g/mol. The maximum atomic E-state index is 13.1. The summed E-state index contributed by atoms with van der Waals surface area (Å²) in [6.07, 6.45) is 12.4. The van der Waals surface area contributed by atoms with Crippen LogP contribution in [0.25, 0.3) is 0 Å². The highest BCUT2D eigenvalue weighted by Gasteiger charge is 2.51. The molecule has 28 heavy (non-hydrogen) atoms. The SMILES string of the molecule is CC(C)(C)OC(=O)N1[C@@H](CC2CCCCC2)[C@H](CCCCCCO)OC1(C)C. The lowest BCUT2D eigenvalue weighted by Gasteiger charge is -2.37. The van der Waals surface area contributed by atoms with Crippen LogP contribution in [0.5, 0.6) is 0 Å². The molecule has 0 radical (unpaired) electrons. The third kappa shape index (κ3) is 6.91. The number of carbonyl (C=O) groups is 1. The number of amides is 1. The number of hydrogen-bond acceptors (Lipinski definition) is 4. The molecule has 5 nitrogen and oxygen atoms in total. The molecule has 0 aromatic rings. The highest BCUT2D eigenvalue weighted by molar-refractivity contribution is 5.70. The van der Waals surface area contributed by atoms with E-state index in [2.05, 4.69) is 0 Å². The summed E-state index contributed by atoms with van der Waals surface area (Å²) >= 11 is 0. The molecule has 5 heteroatoms. The van der Waals surface area contributed by atoms with Crippen molar-refractivity contribution in [3.8, 4) is 0 Å². The second kappa shape index (κ2) is 10.3. The van der Waals surface area contributed by atoms with E-state index in [0.29, 0.717) is 5.92 Å². The summed E-state index contributed by atoms with van der Waals surface area (Å²) in [5.41, 5.74) is -1.15. The lowest BCUT2D eigenvalue weighted by Crippen LogP contribution is -2.50. The minimum absolute atomic E-state index is 0.0681. The van der Waals surface area contributed by atoms with E-state index in [1.165, 1.54) is 32.1 Å². The van der Waals surface area contributed by atoms with E-state index in [9.17, 15) is 4.79 Å². The summed E-state index contributed by atoms with van der Waals surface area (Å²) in [5.74, 6) is 0.679. The minimum atomic E-state index is -0.641. The van der Waals surface area contributed by atoms with Gasteiger partial charge in [-0.05, 0) is 59.8 Å². The number of aliphatic hydroxyl groups excluding tert-OH is 1. The smallest absolute Gasteiger partial charge is 0.412 e. The number of rotatable bonds is 8. The molecular formula is C23H43NO4. The van der Waals surface area contributed by atoms with Crippen molar-refractivity contribution < 1.29 is 19.4 Å². The van der Waals surface area contributed by atoms with Crippen LogP contribution in [-0.4, -0.2) is 46.2 Å². The van der Waals surface area contributed by atoms with E-state index >= 15 is 0 Å². The zero-order chi connectivity index (χ0) is 20.8. The Morgan fingerprint density at radius 2 is 1.75 bits per heavy atom. The Bertz CT molecular complexity index is 479. The fourth-order valence-electron chi connectivity index (χ4n) is 4.82. The predicted molar refractivity (Wildman–Crippen MR) is 112 cm³/mol. The van der Waals surface area contributed by atoms with Gasteiger partial charge in [-0.15, -0.1) is 0 Å². The number of carbonyl (C=O) groups excluding carboxylic acids is 1. The molecular weight excluding hydrogens is 354 g/mol. The minimum Gasteiger partial charge on any atom is -0.444 e. The molecule has 1 aliphatic heterocycles. The van der Waals surface area contributed by atoms with Gasteiger partial charge >= 0.3 is 6.09 Å². The first-order valence-corrected chi connectivity index (χ1v) is 11.4. The molecule has 2 fully saturated rings. The van der Waals surface area contributed by atoms with Gasteiger partial charge in [-0.1, -0.05) is 51.4 Å². The molecule has 2 rings (SSSR count). The predicted octanol–water partition coefficient (Wildman–Crippen LogP) is 5.64. The third-order valence-corrected chi connectivity index (χ3v) is 6.07. The normalized spacial score (nSPS) is 25.9. The van der Waals surface area contributed by atoms with Crippen molar-refractivity contribution in [3.05, 3.63) is 0 Å². The third-order valence-electron chi connectivity index (χ3n) is 6.07. The Morgan fingerprint density at radius 1 is 1.11 bits per heavy atom. The highest BCUT2D eigenvalue weighted by Crippen LogP contribution is 2.40. The van der Waals surface area contributed by atoms with E-state index in [0.717, 1.165) is 38.5 Å². The fourth-order valence-corrected chi connectivity index (χ4v) is 4.82. The van der Waals surface area contributed by atoms with E-state index in [1.807, 2.05) is 39.5 Å². The van der Waals surface area contributed by atoms with E-state index in [4.69, 9.17) is 14.6 Å². The van der Waals surface area contributed by atoms with Crippen molar-refractivity contribution in [1.82, 2.24) is 4.90 Å². The first kappa shape index (κ1) is 23.5. The number of ether oxygens (including phenoxy) is 2. The Morgan fingerprint density at radius 3 is 2.36 bits per heavy atom. The largest absolute Gasteiger partial charge is 0.444 e. The Labute approximate surface area is 172 Å². The maximum absolute atomic E-state index is 13.1. The Balaban J connectivity index is 2.10. The van der Waals surface area contributed by atoms with Gasteiger partial charge in [-0.2, -0.15) is 0 Å². The van der Waals surface area contributed by atoms with Crippen LogP contribution in [0.1, 0.15) is 105 Å². The molecule has 2 atom stereocenters. The van der Waals surface area contributed by atoms with E-state index in [-0.39, 0.29) is 24.8 Å². The zero-order valence-corrected chi connectivity index (χ0v) is 18.8. The van der Waals surface area contributed by atoms with Crippen LogP contribution in [0.15, 0.2) is 0 Å². The summed E-state index contributed by atoms with van der Waals surface area (Å²) in [6.45, 7) is 10.0. The van der Waals surface area contributed by atoms with Crippen molar-refractivity contribution in [2.75, 3.05) is 6.61 Å². The standard InChI is InChI=1S/C23H43NO4/c1-22(2,3)28-21(26)24-19(17-18-13-9-8-10-14-18)20(27-23(24,4)5)15-11-6-7-12-16-25/h18-20,25H,6-17H2,1-5H3/t19-,20-/m0/s1. The van der Waals surface area contributed by atoms with Crippen LogP contribution in [0.3, 0.4) is 0 Å². The molecule has 1 heterocycles. The van der Waals surface area contributed by atoms with Crippen molar-refractivity contribution >= 4 is 6.09 Å². The lowest BCUT2D eigenvalue weighted by atomic mass is 9.83. The van der Waals surface area contributed by atoms with Crippen molar-refractivity contribution in [2.24, 2.45) is 5.92 Å². The molecule has 0 spiro atoms. The summed E-state index contributed by atoms with van der Waals surface area (Å²) in [6, 6.07) is 0.0887. The van der Waals surface area contributed by atoms with Crippen LogP contribution in [0.2, 0.25) is 0 Å². The van der Waals surface area contributed by atoms with Gasteiger partial charge in [0.05, 0.1) is 12.1 Å². The van der Waals surface area contributed by atoms with Gasteiger partial charge in [-0.25, -0.2) is 4.79 Å². The second-order valence-corrected chi connectivity index (χ2v) is 10.2. The summed E-state index contributed by atoms with van der Waals surface area (Å²) in [4.78, 5) is 15.0. The molecule has 0 bridgehead atoms. The first-order valence-electron chi connectivity index (χ1n) is 11.4. The molecule has 2 aliphatic rings. The number of hydrogen-bond donors (Lipinski definition) is 1. The van der Waals surface area contributed by atoms with Crippen LogP contribution in [0.4, 0.5) is 4.79 Å². The molecule has 0 aromatic heterocycles. The Kier molecular flexibility index (Phi) is 8.62. The summed E-state index contributed by atoms with van der Waals surface area (Å²) < 4.78 is 12.2. The van der Waals surface area contributed by atoms with Crippen LogP contribution in [0, 0.1) is 5.92 Å². The van der Waals surface area contributed by atoms with Gasteiger partial charge in [0.25, 0.3) is 0 Å². The molecule has 0 unspecified atom stereocenters. The zero-order valence-electron chi connectivity index (χ0n) is 18.8. The molecule has 1 amide bonds. The van der Waals surface area contributed by atoms with E-state index < -0.39 is 11.3 Å². The molecule has 1 saturated carbocycles. The van der Waals surface area contributed by atoms with Crippen LogP contribution < -0.4 is 0 Å². The van der Waals surface area contributed by atoms with Gasteiger partial charge < -0.3 is 14.6 Å². The van der Waals surface area contributed by atoms with Crippen molar-refractivity contribution in [2.45, 2.75) is 129 Å². The van der Waals surface area contributed by atoms with Crippen molar-refractivity contribution in [1.29, 1.82) is 0 Å². The summed E-state index contributed by atoms with van der Waals surface area (Å²) in [7, 11) is 0. The molecule has 0 aromatic carbocycles. The van der Waals surface area contributed by atoms with Gasteiger partial charge in [0.2, 0.25) is 0 Å². The molecule has 164 valence electrons. The quantitative estimate of drug-likeness (QED) is 0.538. The monoisotopic (exact) mass is 397 g/mol. The van der Waals surface area contributed by atoms with E-state index in [1.54, 1.807) is 0 Å². The van der Waals surface area contributed by atoms with Gasteiger partial charge in [0.15, 0.2) is 0 Å².